The molecular weight excluding hydrogens is 140 g/mol. The minimum absolute atomic E-state index is 0.343. The van der Waals surface area contributed by atoms with Gasteiger partial charge < -0.3 is 10.3 Å². The minimum Gasteiger partial charge on any atom is -0.366 e. The van der Waals surface area contributed by atoms with Gasteiger partial charge in [-0.05, 0) is 18.9 Å². The van der Waals surface area contributed by atoms with Gasteiger partial charge in [0.2, 0.25) is 5.91 Å². The first kappa shape index (κ1) is 6.46. The quantitative estimate of drug-likeness (QED) is 0.669. The molecule has 1 fully saturated rings. The standard InChI is InChI=1S/C8H10N2O/c9-8(11)6-3-4-10(5-6)7-1-2-7/h3-5,7H,1-2H2,(H2,9,11). The third-order valence-corrected chi connectivity index (χ3v) is 1.97. The highest BCUT2D eigenvalue weighted by atomic mass is 16.1. The summed E-state index contributed by atoms with van der Waals surface area (Å²) >= 11 is 0. The molecule has 0 bridgehead atoms. The van der Waals surface area contributed by atoms with Crippen LogP contribution in [0.25, 0.3) is 0 Å². The molecule has 0 aliphatic heterocycles. The molecule has 0 spiro atoms. The van der Waals surface area contributed by atoms with Gasteiger partial charge in [0.05, 0.1) is 5.56 Å². The zero-order chi connectivity index (χ0) is 7.84. The van der Waals surface area contributed by atoms with E-state index in [-0.39, 0.29) is 5.91 Å². The van der Waals surface area contributed by atoms with Crippen molar-refractivity contribution in [3.63, 3.8) is 0 Å². The summed E-state index contributed by atoms with van der Waals surface area (Å²) in [5.41, 5.74) is 5.70. The molecule has 0 radical (unpaired) electrons. The first-order chi connectivity index (χ1) is 5.27. The second-order valence-corrected chi connectivity index (χ2v) is 2.94. The minimum atomic E-state index is -0.343. The van der Waals surface area contributed by atoms with Crippen molar-refractivity contribution in [1.29, 1.82) is 0 Å². The van der Waals surface area contributed by atoms with Crippen molar-refractivity contribution in [3.05, 3.63) is 24.0 Å². The second-order valence-electron chi connectivity index (χ2n) is 2.94. The van der Waals surface area contributed by atoms with Crippen LogP contribution >= 0.6 is 0 Å². The Morgan fingerprint density at radius 2 is 2.36 bits per heavy atom. The molecule has 1 saturated carbocycles. The summed E-state index contributed by atoms with van der Waals surface area (Å²) in [6.07, 6.45) is 6.19. The third kappa shape index (κ3) is 1.13. The Morgan fingerprint density at radius 3 is 2.82 bits per heavy atom. The van der Waals surface area contributed by atoms with Gasteiger partial charge in [-0.15, -0.1) is 0 Å². The molecule has 3 heteroatoms. The zero-order valence-corrected chi connectivity index (χ0v) is 6.16. The van der Waals surface area contributed by atoms with Crippen LogP contribution in [-0.4, -0.2) is 10.5 Å². The van der Waals surface area contributed by atoms with E-state index in [0.717, 1.165) is 0 Å². The molecule has 1 aliphatic carbocycles. The first-order valence-electron chi connectivity index (χ1n) is 3.74. The zero-order valence-electron chi connectivity index (χ0n) is 6.16. The SMILES string of the molecule is NC(=O)c1ccn(C2CC2)c1. The van der Waals surface area contributed by atoms with Crippen LogP contribution in [0.4, 0.5) is 0 Å². The number of hydrogen-bond acceptors (Lipinski definition) is 1. The number of rotatable bonds is 2. The van der Waals surface area contributed by atoms with Gasteiger partial charge in [0, 0.05) is 18.4 Å². The van der Waals surface area contributed by atoms with Crippen LogP contribution in [-0.2, 0) is 0 Å². The van der Waals surface area contributed by atoms with Crippen LogP contribution in [0.3, 0.4) is 0 Å². The van der Waals surface area contributed by atoms with Crippen molar-refractivity contribution in [2.75, 3.05) is 0 Å². The van der Waals surface area contributed by atoms with E-state index in [1.54, 1.807) is 6.07 Å². The summed E-state index contributed by atoms with van der Waals surface area (Å²) in [6, 6.07) is 2.39. The third-order valence-electron chi connectivity index (χ3n) is 1.97. The average molecular weight is 150 g/mol. The molecule has 1 aromatic rings. The lowest BCUT2D eigenvalue weighted by Crippen LogP contribution is -2.09. The van der Waals surface area contributed by atoms with Crippen molar-refractivity contribution in [1.82, 2.24) is 4.57 Å². The fourth-order valence-electron chi connectivity index (χ4n) is 1.16. The number of carbonyl (C=O) groups excluding carboxylic acids is 1. The van der Waals surface area contributed by atoms with E-state index in [4.69, 9.17) is 5.73 Å². The lowest BCUT2D eigenvalue weighted by atomic mass is 10.3. The summed E-state index contributed by atoms with van der Waals surface area (Å²) in [6.45, 7) is 0. The normalized spacial score (nSPS) is 16.7. The van der Waals surface area contributed by atoms with E-state index < -0.39 is 0 Å². The van der Waals surface area contributed by atoms with Crippen LogP contribution < -0.4 is 5.73 Å². The van der Waals surface area contributed by atoms with Gasteiger partial charge in [0.25, 0.3) is 0 Å². The molecule has 1 aromatic heterocycles. The summed E-state index contributed by atoms with van der Waals surface area (Å²) in [5, 5.41) is 0. The van der Waals surface area contributed by atoms with Gasteiger partial charge in [0.15, 0.2) is 0 Å². The van der Waals surface area contributed by atoms with Crippen molar-refractivity contribution >= 4 is 5.91 Å². The van der Waals surface area contributed by atoms with E-state index >= 15 is 0 Å². The maximum Gasteiger partial charge on any atom is 0.250 e. The highest BCUT2D eigenvalue weighted by Gasteiger charge is 2.23. The molecular formula is C8H10N2O. The van der Waals surface area contributed by atoms with Gasteiger partial charge in [-0.1, -0.05) is 0 Å². The Labute approximate surface area is 64.8 Å². The Bertz CT molecular complexity index is 286. The number of carbonyl (C=O) groups is 1. The van der Waals surface area contributed by atoms with E-state index in [2.05, 4.69) is 4.57 Å². The molecule has 0 aromatic carbocycles. The first-order valence-corrected chi connectivity index (χ1v) is 3.74. The Kier molecular flexibility index (Phi) is 1.24. The predicted octanol–water partition coefficient (Wildman–Crippen LogP) is 0.922. The number of primary amides is 1. The fraction of sp³-hybridized carbons (Fsp3) is 0.375. The van der Waals surface area contributed by atoms with E-state index in [9.17, 15) is 4.79 Å². The van der Waals surface area contributed by atoms with Crippen molar-refractivity contribution in [2.24, 2.45) is 5.73 Å². The topological polar surface area (TPSA) is 48.0 Å². The van der Waals surface area contributed by atoms with Crippen LogP contribution in [0.1, 0.15) is 29.2 Å². The molecule has 0 atom stereocenters. The molecule has 3 nitrogen and oxygen atoms in total. The summed E-state index contributed by atoms with van der Waals surface area (Å²) < 4.78 is 2.06. The maximum absolute atomic E-state index is 10.7. The number of aromatic nitrogens is 1. The number of amides is 1. The van der Waals surface area contributed by atoms with E-state index in [1.165, 1.54) is 12.8 Å². The van der Waals surface area contributed by atoms with Crippen molar-refractivity contribution < 1.29 is 4.79 Å². The summed E-state index contributed by atoms with van der Waals surface area (Å²) in [4.78, 5) is 10.7. The van der Waals surface area contributed by atoms with Crippen molar-refractivity contribution in [3.8, 4) is 0 Å². The van der Waals surface area contributed by atoms with Crippen LogP contribution in [0.2, 0.25) is 0 Å². The number of nitrogens with two attached hydrogens (primary N) is 1. The number of hydrogen-bond donors (Lipinski definition) is 1. The highest BCUT2D eigenvalue weighted by molar-refractivity contribution is 5.92. The molecule has 11 heavy (non-hydrogen) atoms. The molecule has 0 saturated heterocycles. The van der Waals surface area contributed by atoms with Gasteiger partial charge in [-0.25, -0.2) is 0 Å². The predicted molar refractivity (Wildman–Crippen MR) is 41.2 cm³/mol. The van der Waals surface area contributed by atoms with E-state index in [0.29, 0.717) is 11.6 Å². The van der Waals surface area contributed by atoms with Crippen LogP contribution in [0.5, 0.6) is 0 Å². The maximum atomic E-state index is 10.7. The second kappa shape index (κ2) is 2.12. The molecule has 2 rings (SSSR count). The monoisotopic (exact) mass is 150 g/mol. The van der Waals surface area contributed by atoms with Gasteiger partial charge in [-0.3, -0.25) is 4.79 Å². The smallest absolute Gasteiger partial charge is 0.250 e. The Hall–Kier alpha value is -1.25. The molecule has 58 valence electrons. The largest absolute Gasteiger partial charge is 0.366 e. The van der Waals surface area contributed by atoms with Crippen LogP contribution in [0.15, 0.2) is 18.5 Å². The lowest BCUT2D eigenvalue weighted by Gasteiger charge is -1.94. The molecule has 1 aliphatic rings. The highest BCUT2D eigenvalue weighted by Crippen LogP contribution is 2.34. The molecule has 2 N–H and O–H groups in total. The summed E-state index contributed by atoms with van der Waals surface area (Å²) in [5.74, 6) is -0.343. The van der Waals surface area contributed by atoms with Crippen molar-refractivity contribution in [2.45, 2.75) is 18.9 Å². The average Bonchev–Trinajstić information content (AvgIpc) is 2.68. The number of nitrogens with zero attached hydrogens (tertiary/aromatic N) is 1. The molecule has 1 heterocycles. The molecule has 0 unspecified atom stereocenters. The van der Waals surface area contributed by atoms with E-state index in [1.807, 2.05) is 12.4 Å². The van der Waals surface area contributed by atoms with Gasteiger partial charge >= 0.3 is 0 Å². The fourth-order valence-corrected chi connectivity index (χ4v) is 1.16. The molecule has 1 amide bonds. The lowest BCUT2D eigenvalue weighted by molar-refractivity contribution is 0.100. The Balaban J connectivity index is 2.25. The van der Waals surface area contributed by atoms with Gasteiger partial charge in [0.1, 0.15) is 0 Å². The van der Waals surface area contributed by atoms with Gasteiger partial charge in [-0.2, -0.15) is 0 Å². The van der Waals surface area contributed by atoms with Crippen LogP contribution in [0, 0.1) is 0 Å². The Morgan fingerprint density at radius 1 is 1.64 bits per heavy atom. The summed E-state index contributed by atoms with van der Waals surface area (Å²) in [7, 11) is 0.